The molecule has 1 unspecified atom stereocenters. The third-order valence-electron chi connectivity index (χ3n) is 3.07. The molecule has 5 nitrogen and oxygen atoms in total. The zero-order valence-corrected chi connectivity index (χ0v) is 10.6. The van der Waals surface area contributed by atoms with E-state index in [1.54, 1.807) is 24.3 Å². The Kier molecular flexibility index (Phi) is 3.04. The van der Waals surface area contributed by atoms with Crippen molar-refractivity contribution in [2.45, 2.75) is 11.4 Å². The number of para-hydroxylation sites is 1. The molecule has 6 heteroatoms. The van der Waals surface area contributed by atoms with Crippen molar-refractivity contribution in [3.8, 4) is 0 Å². The monoisotopic (exact) mass is 277 g/mol. The third-order valence-corrected chi connectivity index (χ3v) is 4.32. The normalized spacial score (nSPS) is 22.7. The standard InChI is InChI=1S/C13H11NO4S/c15-11-7-3-1-2-4-10(7)18-5-8(11)12-14-9(6-19-12)13(16)17/h1-5,9,12,14H,6H2,(H,16,17)/t9-,12?/m0/s1. The van der Waals surface area contributed by atoms with E-state index in [4.69, 9.17) is 9.52 Å². The molecule has 2 N–H and O–H groups in total. The summed E-state index contributed by atoms with van der Waals surface area (Å²) < 4.78 is 5.43. The molecule has 1 fully saturated rings. The van der Waals surface area contributed by atoms with Gasteiger partial charge < -0.3 is 9.52 Å². The molecule has 2 aromatic rings. The first-order valence-corrected chi connectivity index (χ1v) is 6.82. The maximum Gasteiger partial charge on any atom is 0.321 e. The molecule has 0 saturated carbocycles. The predicted octanol–water partition coefficient (Wildman–Crippen LogP) is 1.58. The van der Waals surface area contributed by atoms with Gasteiger partial charge in [0, 0.05) is 5.75 Å². The van der Waals surface area contributed by atoms with E-state index in [0.717, 1.165) is 0 Å². The van der Waals surface area contributed by atoms with Crippen LogP contribution in [0, 0.1) is 0 Å². The molecule has 3 rings (SSSR count). The Hall–Kier alpha value is -1.79. The quantitative estimate of drug-likeness (QED) is 0.867. The van der Waals surface area contributed by atoms with Crippen LogP contribution in [0.1, 0.15) is 10.9 Å². The molecule has 19 heavy (non-hydrogen) atoms. The molecular weight excluding hydrogens is 266 g/mol. The van der Waals surface area contributed by atoms with E-state index in [2.05, 4.69) is 5.32 Å². The smallest absolute Gasteiger partial charge is 0.321 e. The van der Waals surface area contributed by atoms with Crippen LogP contribution in [0.2, 0.25) is 0 Å². The van der Waals surface area contributed by atoms with Gasteiger partial charge in [-0.3, -0.25) is 14.9 Å². The highest BCUT2D eigenvalue weighted by atomic mass is 32.2. The molecular formula is C13H11NO4S. The lowest BCUT2D eigenvalue weighted by atomic mass is 10.1. The first-order chi connectivity index (χ1) is 9.16. The highest BCUT2D eigenvalue weighted by molar-refractivity contribution is 7.99. The number of carboxylic acids is 1. The van der Waals surface area contributed by atoms with Crippen LogP contribution < -0.4 is 10.7 Å². The molecule has 2 atom stereocenters. The van der Waals surface area contributed by atoms with Crippen LogP contribution in [-0.2, 0) is 4.79 Å². The fourth-order valence-corrected chi connectivity index (χ4v) is 3.29. The van der Waals surface area contributed by atoms with Gasteiger partial charge in [-0.25, -0.2) is 0 Å². The second-order valence-corrected chi connectivity index (χ2v) is 5.43. The Bertz CT molecular complexity index is 696. The molecule has 0 spiro atoms. The minimum absolute atomic E-state index is 0.113. The second kappa shape index (κ2) is 4.71. The maximum absolute atomic E-state index is 12.3. The summed E-state index contributed by atoms with van der Waals surface area (Å²) in [5, 5.41) is 12.0. The second-order valence-electron chi connectivity index (χ2n) is 4.29. The van der Waals surface area contributed by atoms with Gasteiger partial charge in [0.1, 0.15) is 17.9 Å². The Morgan fingerprint density at radius 1 is 1.42 bits per heavy atom. The first-order valence-electron chi connectivity index (χ1n) is 5.78. The summed E-state index contributed by atoms with van der Waals surface area (Å²) in [6.07, 6.45) is 1.42. The van der Waals surface area contributed by atoms with Gasteiger partial charge in [0.2, 0.25) is 0 Å². The van der Waals surface area contributed by atoms with Crippen molar-refractivity contribution in [1.29, 1.82) is 0 Å². The minimum atomic E-state index is -0.903. The number of nitrogens with one attached hydrogen (secondary N) is 1. The van der Waals surface area contributed by atoms with E-state index in [0.29, 0.717) is 22.3 Å². The SMILES string of the molecule is O=C(O)[C@@H]1CSC(c2coc3ccccc3c2=O)N1. The average Bonchev–Trinajstić information content (AvgIpc) is 2.89. The number of thioether (sulfide) groups is 1. The van der Waals surface area contributed by atoms with Crippen molar-refractivity contribution in [1.82, 2.24) is 5.32 Å². The molecule has 0 bridgehead atoms. The molecule has 1 aromatic heterocycles. The zero-order valence-electron chi connectivity index (χ0n) is 9.83. The number of carbonyl (C=O) groups is 1. The van der Waals surface area contributed by atoms with Crippen molar-refractivity contribution >= 4 is 28.7 Å². The van der Waals surface area contributed by atoms with E-state index < -0.39 is 12.0 Å². The molecule has 1 aliphatic heterocycles. The molecule has 0 amide bonds. The van der Waals surface area contributed by atoms with Crippen LogP contribution in [0.3, 0.4) is 0 Å². The molecule has 98 valence electrons. The van der Waals surface area contributed by atoms with Gasteiger partial charge in [0.05, 0.1) is 16.3 Å². The van der Waals surface area contributed by atoms with Crippen molar-refractivity contribution in [3.63, 3.8) is 0 Å². The molecule has 0 radical (unpaired) electrons. The lowest BCUT2D eigenvalue weighted by molar-refractivity contribution is -0.138. The number of benzene rings is 1. The van der Waals surface area contributed by atoms with Gasteiger partial charge in [0.15, 0.2) is 5.43 Å². The number of aliphatic carboxylic acids is 1. The first kappa shape index (κ1) is 12.3. The molecule has 1 saturated heterocycles. The van der Waals surface area contributed by atoms with Crippen LogP contribution in [0.25, 0.3) is 11.0 Å². The van der Waals surface area contributed by atoms with E-state index in [9.17, 15) is 9.59 Å². The van der Waals surface area contributed by atoms with Crippen LogP contribution in [0.5, 0.6) is 0 Å². The molecule has 1 aliphatic rings. The van der Waals surface area contributed by atoms with Crippen LogP contribution in [-0.4, -0.2) is 22.9 Å². The summed E-state index contributed by atoms with van der Waals surface area (Å²) in [6, 6.07) is 6.39. The lowest BCUT2D eigenvalue weighted by Gasteiger charge is -2.10. The average molecular weight is 277 g/mol. The highest BCUT2D eigenvalue weighted by Crippen LogP contribution is 2.31. The Labute approximate surface area is 112 Å². The fourth-order valence-electron chi connectivity index (χ4n) is 2.07. The molecule has 2 heterocycles. The number of carboxylic acid groups (broad SMARTS) is 1. The maximum atomic E-state index is 12.3. The summed E-state index contributed by atoms with van der Waals surface area (Å²) >= 11 is 1.40. The summed E-state index contributed by atoms with van der Waals surface area (Å²) in [4.78, 5) is 23.2. The number of fused-ring (bicyclic) bond motifs is 1. The summed E-state index contributed by atoms with van der Waals surface area (Å²) in [5.41, 5.74) is 0.888. The van der Waals surface area contributed by atoms with E-state index in [1.165, 1.54) is 18.0 Å². The van der Waals surface area contributed by atoms with Crippen LogP contribution in [0.4, 0.5) is 0 Å². The van der Waals surface area contributed by atoms with E-state index >= 15 is 0 Å². The van der Waals surface area contributed by atoms with Crippen LogP contribution >= 0.6 is 11.8 Å². The van der Waals surface area contributed by atoms with Gasteiger partial charge in [-0.15, -0.1) is 11.8 Å². The van der Waals surface area contributed by atoms with Gasteiger partial charge in [0.25, 0.3) is 0 Å². The van der Waals surface area contributed by atoms with Crippen molar-refractivity contribution < 1.29 is 14.3 Å². The van der Waals surface area contributed by atoms with Gasteiger partial charge >= 0.3 is 5.97 Å². The highest BCUT2D eigenvalue weighted by Gasteiger charge is 2.32. The topological polar surface area (TPSA) is 79.5 Å². The summed E-state index contributed by atoms with van der Waals surface area (Å²) in [6.45, 7) is 0. The third kappa shape index (κ3) is 2.13. The summed E-state index contributed by atoms with van der Waals surface area (Å²) in [5.74, 6) is -0.466. The number of hydrogen-bond donors (Lipinski definition) is 2. The van der Waals surface area contributed by atoms with Gasteiger partial charge in [-0.2, -0.15) is 0 Å². The Balaban J connectivity index is 2.00. The Morgan fingerprint density at radius 2 is 2.21 bits per heavy atom. The van der Waals surface area contributed by atoms with E-state index in [1.807, 2.05) is 0 Å². The van der Waals surface area contributed by atoms with Crippen molar-refractivity contribution in [2.75, 3.05) is 5.75 Å². The van der Waals surface area contributed by atoms with Crippen molar-refractivity contribution in [3.05, 3.63) is 46.3 Å². The Morgan fingerprint density at radius 3 is 2.95 bits per heavy atom. The number of rotatable bonds is 2. The van der Waals surface area contributed by atoms with Gasteiger partial charge in [-0.1, -0.05) is 12.1 Å². The lowest BCUT2D eigenvalue weighted by Crippen LogP contribution is -2.34. The van der Waals surface area contributed by atoms with Crippen LogP contribution in [0.15, 0.2) is 39.7 Å². The van der Waals surface area contributed by atoms with E-state index in [-0.39, 0.29) is 10.8 Å². The van der Waals surface area contributed by atoms with Crippen molar-refractivity contribution in [2.24, 2.45) is 0 Å². The van der Waals surface area contributed by atoms with Gasteiger partial charge in [-0.05, 0) is 12.1 Å². The molecule has 1 aromatic carbocycles. The number of hydrogen-bond acceptors (Lipinski definition) is 5. The molecule has 0 aliphatic carbocycles. The predicted molar refractivity (Wildman–Crippen MR) is 72.2 cm³/mol. The largest absolute Gasteiger partial charge is 0.480 e. The zero-order chi connectivity index (χ0) is 13.4. The summed E-state index contributed by atoms with van der Waals surface area (Å²) in [7, 11) is 0. The fraction of sp³-hybridized carbons (Fsp3) is 0.231. The minimum Gasteiger partial charge on any atom is -0.480 e.